The number of aromatic nitrogens is 2. The van der Waals surface area contributed by atoms with Crippen molar-refractivity contribution in [1.29, 1.82) is 0 Å². The lowest BCUT2D eigenvalue weighted by Crippen LogP contribution is -2.03. The van der Waals surface area contributed by atoms with Gasteiger partial charge in [0, 0.05) is 6.54 Å². The van der Waals surface area contributed by atoms with E-state index in [1.165, 1.54) is 0 Å². The largest absolute Gasteiger partial charge is 0.365 e. The van der Waals surface area contributed by atoms with Crippen molar-refractivity contribution < 1.29 is 0 Å². The predicted octanol–water partition coefficient (Wildman–Crippen LogP) is 4.92. The molecule has 0 fully saturated rings. The summed E-state index contributed by atoms with van der Waals surface area (Å²) in [4.78, 5) is 9.85. The van der Waals surface area contributed by atoms with Gasteiger partial charge in [-0.25, -0.2) is 9.97 Å². The number of nitrogens with zero attached hydrogens (tertiary/aromatic N) is 2. The standard InChI is InChI=1S/C14H11Cl2N3S/c1-8-18-13(10-4-5-20-14(10)19-8)17-7-9-2-3-11(15)12(16)6-9/h2-6H,7H2,1H3,(H,17,18,19). The minimum atomic E-state index is 0.561. The molecular weight excluding hydrogens is 313 g/mol. The molecule has 0 aliphatic carbocycles. The van der Waals surface area contributed by atoms with E-state index >= 15 is 0 Å². The second kappa shape index (κ2) is 5.56. The number of fused-ring (bicyclic) bond motifs is 1. The van der Waals surface area contributed by atoms with E-state index in [1.807, 2.05) is 30.5 Å². The highest BCUT2D eigenvalue weighted by Crippen LogP contribution is 2.26. The van der Waals surface area contributed by atoms with Crippen molar-refractivity contribution in [1.82, 2.24) is 9.97 Å². The van der Waals surface area contributed by atoms with Crippen LogP contribution in [0.4, 0.5) is 5.82 Å². The molecule has 20 heavy (non-hydrogen) atoms. The third kappa shape index (κ3) is 2.73. The molecule has 1 N–H and O–H groups in total. The summed E-state index contributed by atoms with van der Waals surface area (Å²) in [5.41, 5.74) is 1.05. The van der Waals surface area contributed by atoms with Crippen LogP contribution < -0.4 is 5.32 Å². The highest BCUT2D eigenvalue weighted by atomic mass is 35.5. The molecule has 3 nitrogen and oxygen atoms in total. The number of aryl methyl sites for hydroxylation is 1. The Balaban J connectivity index is 1.86. The molecule has 0 atom stereocenters. The fourth-order valence-electron chi connectivity index (χ4n) is 1.93. The first-order valence-electron chi connectivity index (χ1n) is 6.03. The topological polar surface area (TPSA) is 37.8 Å². The zero-order valence-corrected chi connectivity index (χ0v) is 13.0. The molecular formula is C14H11Cl2N3S. The Hall–Kier alpha value is -1.36. The van der Waals surface area contributed by atoms with Crippen LogP contribution in [0.2, 0.25) is 10.0 Å². The number of benzene rings is 1. The maximum absolute atomic E-state index is 6.01. The fraction of sp³-hybridized carbons (Fsp3) is 0.143. The second-order valence-corrected chi connectivity index (χ2v) is 6.07. The predicted molar refractivity (Wildman–Crippen MR) is 85.9 cm³/mol. The lowest BCUT2D eigenvalue weighted by molar-refractivity contribution is 1.06. The quantitative estimate of drug-likeness (QED) is 0.743. The van der Waals surface area contributed by atoms with Crippen molar-refractivity contribution in [2.24, 2.45) is 0 Å². The van der Waals surface area contributed by atoms with Crippen molar-refractivity contribution in [3.05, 3.63) is 51.1 Å². The van der Waals surface area contributed by atoms with E-state index in [0.717, 1.165) is 27.4 Å². The van der Waals surface area contributed by atoms with Crippen LogP contribution in [0.5, 0.6) is 0 Å². The van der Waals surface area contributed by atoms with E-state index in [0.29, 0.717) is 16.6 Å². The average Bonchev–Trinajstić information content (AvgIpc) is 2.88. The Bertz CT molecular complexity index is 770. The molecule has 2 heterocycles. The smallest absolute Gasteiger partial charge is 0.138 e. The zero-order valence-electron chi connectivity index (χ0n) is 10.7. The van der Waals surface area contributed by atoms with Crippen molar-refractivity contribution in [3.63, 3.8) is 0 Å². The van der Waals surface area contributed by atoms with Crippen LogP contribution in [0.15, 0.2) is 29.6 Å². The Kier molecular flexibility index (Phi) is 3.78. The molecule has 3 aromatic rings. The van der Waals surface area contributed by atoms with Gasteiger partial charge in [0.25, 0.3) is 0 Å². The van der Waals surface area contributed by atoms with Gasteiger partial charge < -0.3 is 5.32 Å². The molecule has 0 aliphatic heterocycles. The minimum absolute atomic E-state index is 0.561. The molecule has 3 rings (SSSR count). The monoisotopic (exact) mass is 323 g/mol. The van der Waals surface area contributed by atoms with Gasteiger partial charge in [0.15, 0.2) is 0 Å². The van der Waals surface area contributed by atoms with Crippen LogP contribution in [0.25, 0.3) is 10.2 Å². The Morgan fingerprint density at radius 1 is 1.15 bits per heavy atom. The van der Waals surface area contributed by atoms with Gasteiger partial charge in [0.05, 0.1) is 15.4 Å². The maximum atomic E-state index is 6.01. The lowest BCUT2D eigenvalue weighted by Gasteiger charge is -2.08. The van der Waals surface area contributed by atoms with Crippen LogP contribution in [0, 0.1) is 6.92 Å². The third-order valence-electron chi connectivity index (χ3n) is 2.88. The highest BCUT2D eigenvalue weighted by molar-refractivity contribution is 7.16. The van der Waals surface area contributed by atoms with Gasteiger partial charge in [-0.1, -0.05) is 29.3 Å². The van der Waals surface area contributed by atoms with Gasteiger partial charge in [-0.15, -0.1) is 11.3 Å². The molecule has 1 aromatic carbocycles. The molecule has 6 heteroatoms. The van der Waals surface area contributed by atoms with E-state index in [2.05, 4.69) is 15.3 Å². The Morgan fingerprint density at radius 3 is 2.80 bits per heavy atom. The fourth-order valence-corrected chi connectivity index (χ4v) is 3.06. The Morgan fingerprint density at radius 2 is 2.00 bits per heavy atom. The number of halogens is 2. The summed E-state index contributed by atoms with van der Waals surface area (Å²) < 4.78 is 0. The Labute approximate surface area is 130 Å². The average molecular weight is 324 g/mol. The number of hydrogen-bond acceptors (Lipinski definition) is 4. The highest BCUT2D eigenvalue weighted by Gasteiger charge is 2.07. The summed E-state index contributed by atoms with van der Waals surface area (Å²) in [6.07, 6.45) is 0. The van der Waals surface area contributed by atoms with Crippen LogP contribution in [0.3, 0.4) is 0 Å². The van der Waals surface area contributed by atoms with Crippen molar-refractivity contribution in [2.75, 3.05) is 5.32 Å². The molecule has 0 radical (unpaired) electrons. The van der Waals surface area contributed by atoms with Gasteiger partial charge in [-0.3, -0.25) is 0 Å². The van der Waals surface area contributed by atoms with E-state index in [1.54, 1.807) is 17.4 Å². The second-order valence-electron chi connectivity index (χ2n) is 4.36. The summed E-state index contributed by atoms with van der Waals surface area (Å²) in [5.74, 6) is 1.61. The van der Waals surface area contributed by atoms with Gasteiger partial charge >= 0.3 is 0 Å². The van der Waals surface area contributed by atoms with Crippen LogP contribution in [0.1, 0.15) is 11.4 Å². The molecule has 0 bridgehead atoms. The molecule has 0 amide bonds. The van der Waals surface area contributed by atoms with Crippen LogP contribution >= 0.6 is 34.5 Å². The summed E-state index contributed by atoms with van der Waals surface area (Å²) in [5, 5.41) is 7.51. The number of hydrogen-bond donors (Lipinski definition) is 1. The van der Waals surface area contributed by atoms with Crippen molar-refractivity contribution >= 4 is 50.6 Å². The first-order valence-corrected chi connectivity index (χ1v) is 7.66. The molecule has 0 spiro atoms. The SMILES string of the molecule is Cc1nc(NCc2ccc(Cl)c(Cl)c2)c2ccsc2n1. The summed E-state index contributed by atoms with van der Waals surface area (Å²) >= 11 is 13.5. The van der Waals surface area contributed by atoms with E-state index in [4.69, 9.17) is 23.2 Å². The molecule has 0 aliphatic rings. The molecule has 0 saturated carbocycles. The molecule has 0 saturated heterocycles. The van der Waals surface area contributed by atoms with Crippen LogP contribution in [-0.2, 0) is 6.54 Å². The summed E-state index contributed by atoms with van der Waals surface area (Å²) in [6.45, 7) is 2.53. The van der Waals surface area contributed by atoms with Gasteiger partial charge in [-0.05, 0) is 36.1 Å². The number of thiophene rings is 1. The number of nitrogens with one attached hydrogen (secondary N) is 1. The number of rotatable bonds is 3. The summed E-state index contributed by atoms with van der Waals surface area (Å²) in [7, 11) is 0. The van der Waals surface area contributed by atoms with Crippen molar-refractivity contribution in [2.45, 2.75) is 13.5 Å². The van der Waals surface area contributed by atoms with Gasteiger partial charge in [-0.2, -0.15) is 0 Å². The van der Waals surface area contributed by atoms with E-state index in [-0.39, 0.29) is 0 Å². The van der Waals surface area contributed by atoms with Gasteiger partial charge in [0.1, 0.15) is 16.5 Å². The molecule has 102 valence electrons. The summed E-state index contributed by atoms with van der Waals surface area (Å²) in [6, 6.07) is 7.62. The third-order valence-corrected chi connectivity index (χ3v) is 4.43. The minimum Gasteiger partial charge on any atom is -0.365 e. The lowest BCUT2D eigenvalue weighted by atomic mass is 10.2. The molecule has 0 unspecified atom stereocenters. The molecule has 2 aromatic heterocycles. The first kappa shape index (κ1) is 13.6. The van der Waals surface area contributed by atoms with Crippen LogP contribution in [-0.4, -0.2) is 9.97 Å². The number of anilines is 1. The maximum Gasteiger partial charge on any atom is 0.138 e. The van der Waals surface area contributed by atoms with Crippen molar-refractivity contribution in [3.8, 4) is 0 Å². The van der Waals surface area contributed by atoms with E-state index < -0.39 is 0 Å². The normalized spacial score (nSPS) is 10.9. The van der Waals surface area contributed by atoms with E-state index in [9.17, 15) is 0 Å². The first-order chi connectivity index (χ1) is 9.63. The van der Waals surface area contributed by atoms with Gasteiger partial charge in [0.2, 0.25) is 0 Å². The zero-order chi connectivity index (χ0) is 14.1.